The number of sulfonamides is 1. The molecule has 174 valence electrons. The van der Waals surface area contributed by atoms with Crippen molar-refractivity contribution in [3.05, 3.63) is 41.7 Å². The monoisotopic (exact) mass is 464 g/mol. The number of carbonyl (C=O) groups excluding carboxylic acids is 1. The lowest BCUT2D eigenvalue weighted by Gasteiger charge is -2.38. The molecule has 1 aromatic heterocycles. The molecule has 0 bridgehead atoms. The van der Waals surface area contributed by atoms with E-state index in [0.29, 0.717) is 31.3 Å². The van der Waals surface area contributed by atoms with Crippen LogP contribution >= 0.6 is 0 Å². The summed E-state index contributed by atoms with van der Waals surface area (Å²) in [6.07, 6.45) is 1.44. The van der Waals surface area contributed by atoms with Crippen LogP contribution in [0.15, 0.2) is 39.8 Å². The largest absolute Gasteiger partial charge is 0.454 e. The number of fused-ring (bicyclic) bond motifs is 1. The molecule has 9 nitrogen and oxygen atoms in total. The minimum atomic E-state index is -3.87. The van der Waals surface area contributed by atoms with Gasteiger partial charge in [0.1, 0.15) is 0 Å². The summed E-state index contributed by atoms with van der Waals surface area (Å²) < 4.78 is 49.2. The molecule has 1 fully saturated rings. The Labute approximate surface area is 187 Å². The molecular weight excluding hydrogens is 436 g/mol. The van der Waals surface area contributed by atoms with Crippen molar-refractivity contribution in [2.24, 2.45) is 0 Å². The van der Waals surface area contributed by atoms with Crippen LogP contribution in [-0.2, 0) is 20.2 Å². The molecule has 10 heteroatoms. The van der Waals surface area contributed by atoms with Crippen LogP contribution in [0.1, 0.15) is 49.7 Å². The van der Waals surface area contributed by atoms with Gasteiger partial charge < -0.3 is 23.9 Å². The number of nitrogens with one attached hydrogen (secondary N) is 2. The van der Waals surface area contributed by atoms with Crippen molar-refractivity contribution in [2.75, 3.05) is 26.6 Å². The fourth-order valence-corrected chi connectivity index (χ4v) is 5.29. The number of hydrogen-bond donors (Lipinski definition) is 2. The molecular formula is C22H28N2O7S. The lowest BCUT2D eigenvalue weighted by atomic mass is 9.74. The Morgan fingerprint density at radius 3 is 2.50 bits per heavy atom. The Morgan fingerprint density at radius 2 is 1.78 bits per heavy atom. The average Bonchev–Trinajstić information content (AvgIpc) is 3.40. The minimum Gasteiger partial charge on any atom is -0.454 e. The summed E-state index contributed by atoms with van der Waals surface area (Å²) in [4.78, 5) is 12.8. The molecule has 0 unspecified atom stereocenters. The number of carbonyl (C=O) groups is 1. The number of benzene rings is 1. The maximum atomic E-state index is 12.8. The van der Waals surface area contributed by atoms with Crippen LogP contribution in [0.5, 0.6) is 11.5 Å². The number of furan rings is 1. The smallest absolute Gasteiger partial charge is 0.287 e. The summed E-state index contributed by atoms with van der Waals surface area (Å²) in [7, 11) is -3.87. The van der Waals surface area contributed by atoms with Gasteiger partial charge in [-0.15, -0.1) is 0 Å². The van der Waals surface area contributed by atoms with Crippen molar-refractivity contribution >= 4 is 15.9 Å². The second-order valence-corrected chi connectivity index (χ2v) is 10.7. The Kier molecular flexibility index (Phi) is 5.95. The second-order valence-electron chi connectivity index (χ2n) is 9.12. The summed E-state index contributed by atoms with van der Waals surface area (Å²) >= 11 is 0. The first-order chi connectivity index (χ1) is 15.1. The average molecular weight is 465 g/mol. The van der Waals surface area contributed by atoms with Crippen LogP contribution in [0.25, 0.3) is 0 Å². The first-order valence-corrected chi connectivity index (χ1v) is 12.0. The Bertz CT molecular complexity index is 1100. The molecule has 2 aromatic rings. The van der Waals surface area contributed by atoms with Gasteiger partial charge in [-0.3, -0.25) is 4.79 Å². The van der Waals surface area contributed by atoms with Gasteiger partial charge in [0.2, 0.25) is 11.9 Å². The molecule has 32 heavy (non-hydrogen) atoms. The highest BCUT2D eigenvalue weighted by molar-refractivity contribution is 7.89. The molecule has 0 aliphatic carbocycles. The van der Waals surface area contributed by atoms with E-state index in [4.69, 9.17) is 18.6 Å². The maximum Gasteiger partial charge on any atom is 0.287 e. The fraction of sp³-hybridized carbons (Fsp3) is 0.500. The van der Waals surface area contributed by atoms with Crippen molar-refractivity contribution in [1.29, 1.82) is 0 Å². The van der Waals surface area contributed by atoms with Gasteiger partial charge in [-0.05, 0) is 63.4 Å². The molecule has 1 amide bonds. The number of amides is 1. The minimum absolute atomic E-state index is 0.0628. The molecule has 3 heterocycles. The number of rotatable bonds is 6. The Hall–Kier alpha value is -2.56. The van der Waals surface area contributed by atoms with Crippen LogP contribution in [0, 0.1) is 0 Å². The van der Waals surface area contributed by atoms with Gasteiger partial charge >= 0.3 is 0 Å². The predicted molar refractivity (Wildman–Crippen MR) is 115 cm³/mol. The van der Waals surface area contributed by atoms with Crippen molar-refractivity contribution in [2.45, 2.75) is 49.7 Å². The van der Waals surface area contributed by atoms with Gasteiger partial charge in [-0.1, -0.05) is 6.07 Å². The first kappa shape index (κ1) is 22.6. The summed E-state index contributed by atoms with van der Waals surface area (Å²) in [5.41, 5.74) is 0.0144. The van der Waals surface area contributed by atoms with E-state index in [0.717, 1.165) is 18.4 Å². The van der Waals surface area contributed by atoms with Crippen LogP contribution in [0.2, 0.25) is 0 Å². The van der Waals surface area contributed by atoms with Crippen molar-refractivity contribution in [1.82, 2.24) is 10.0 Å². The van der Waals surface area contributed by atoms with E-state index in [1.807, 2.05) is 18.2 Å². The molecule has 0 saturated carbocycles. The van der Waals surface area contributed by atoms with E-state index in [1.54, 1.807) is 20.8 Å². The zero-order valence-corrected chi connectivity index (χ0v) is 19.2. The summed E-state index contributed by atoms with van der Waals surface area (Å²) in [6.45, 7) is 6.87. The van der Waals surface area contributed by atoms with Crippen LogP contribution in [0.3, 0.4) is 0 Å². The third-order valence-electron chi connectivity index (χ3n) is 5.53. The zero-order valence-electron chi connectivity index (χ0n) is 18.4. The molecule has 0 radical (unpaired) electrons. The molecule has 2 aliphatic heterocycles. The van der Waals surface area contributed by atoms with Gasteiger partial charge in [-0.25, -0.2) is 13.1 Å². The Morgan fingerprint density at radius 1 is 1.06 bits per heavy atom. The fourth-order valence-electron chi connectivity index (χ4n) is 3.93. The SMILES string of the molecule is CC(C)(C)NS(=O)(=O)c1ccc(C(=O)NCC2(c3ccc4c(c3)OCO4)CCOCC2)o1. The van der Waals surface area contributed by atoms with E-state index in [1.165, 1.54) is 12.1 Å². The summed E-state index contributed by atoms with van der Waals surface area (Å²) in [5.74, 6) is 0.848. The molecule has 0 atom stereocenters. The molecule has 4 rings (SSSR count). The third-order valence-corrected chi connectivity index (χ3v) is 7.16. The van der Waals surface area contributed by atoms with Gasteiger partial charge in [0.25, 0.3) is 15.9 Å². The quantitative estimate of drug-likeness (QED) is 0.675. The Balaban J connectivity index is 1.50. The predicted octanol–water partition coefficient (Wildman–Crippen LogP) is 2.56. The third kappa shape index (κ3) is 4.77. The summed E-state index contributed by atoms with van der Waals surface area (Å²) in [5, 5.41) is 2.62. The van der Waals surface area contributed by atoms with E-state index < -0.39 is 21.5 Å². The lowest BCUT2D eigenvalue weighted by molar-refractivity contribution is 0.0483. The highest BCUT2D eigenvalue weighted by atomic mass is 32.2. The molecule has 2 N–H and O–H groups in total. The molecule has 1 saturated heterocycles. The standard InChI is InChI=1S/C22H28N2O7S/c1-21(2,3)24-32(26,27)19-7-6-17(31-19)20(25)23-13-22(8-10-28-11-9-22)15-4-5-16-18(12-15)30-14-29-16/h4-7,12,24H,8-11,13-14H2,1-3H3,(H,23,25). The van der Waals surface area contributed by atoms with Crippen molar-refractivity contribution in [3.63, 3.8) is 0 Å². The number of ether oxygens (including phenoxy) is 3. The maximum absolute atomic E-state index is 12.8. The van der Waals surface area contributed by atoms with E-state index >= 15 is 0 Å². The van der Waals surface area contributed by atoms with Gasteiger partial charge in [-0.2, -0.15) is 0 Å². The first-order valence-electron chi connectivity index (χ1n) is 10.5. The van der Waals surface area contributed by atoms with Gasteiger partial charge in [0.15, 0.2) is 17.3 Å². The highest BCUT2D eigenvalue weighted by Crippen LogP contribution is 2.40. The zero-order chi connectivity index (χ0) is 23.0. The van der Waals surface area contributed by atoms with E-state index in [9.17, 15) is 13.2 Å². The highest BCUT2D eigenvalue weighted by Gasteiger charge is 2.36. The van der Waals surface area contributed by atoms with Crippen LogP contribution < -0.4 is 19.5 Å². The van der Waals surface area contributed by atoms with Gasteiger partial charge in [0, 0.05) is 30.7 Å². The summed E-state index contributed by atoms with van der Waals surface area (Å²) in [6, 6.07) is 8.47. The molecule has 0 spiro atoms. The van der Waals surface area contributed by atoms with E-state index in [-0.39, 0.29) is 23.1 Å². The molecule has 2 aliphatic rings. The van der Waals surface area contributed by atoms with Crippen molar-refractivity contribution in [3.8, 4) is 11.5 Å². The topological polar surface area (TPSA) is 116 Å². The van der Waals surface area contributed by atoms with E-state index in [2.05, 4.69) is 10.0 Å². The van der Waals surface area contributed by atoms with Crippen LogP contribution in [0.4, 0.5) is 0 Å². The normalized spacial score (nSPS) is 17.8. The van der Waals surface area contributed by atoms with Gasteiger partial charge in [0.05, 0.1) is 0 Å². The second kappa shape index (κ2) is 8.42. The number of hydrogen-bond acceptors (Lipinski definition) is 7. The van der Waals surface area contributed by atoms with Crippen LogP contribution in [-0.4, -0.2) is 46.4 Å². The molecule has 1 aromatic carbocycles. The van der Waals surface area contributed by atoms with Crippen molar-refractivity contribution < 1.29 is 31.8 Å². The lowest BCUT2D eigenvalue weighted by Crippen LogP contribution is -2.44.